The number of nitrogens with one attached hydrogen (secondary N) is 2. The average molecular weight is 543 g/mol. The molecule has 1 unspecified atom stereocenters. The number of benzene rings is 1. The van der Waals surface area contributed by atoms with E-state index in [0.29, 0.717) is 25.0 Å². The van der Waals surface area contributed by atoms with Crippen LogP contribution in [0.15, 0.2) is 46.1 Å². The van der Waals surface area contributed by atoms with Crippen molar-refractivity contribution in [2.45, 2.75) is 39.2 Å². The summed E-state index contributed by atoms with van der Waals surface area (Å²) in [6.07, 6.45) is 2.15. The molecule has 2 aromatic rings. The Hall–Kier alpha value is -1.32. The highest BCUT2D eigenvalue weighted by molar-refractivity contribution is 14.0. The second kappa shape index (κ2) is 13.2. The topological polar surface area (TPSA) is 59.9 Å². The van der Waals surface area contributed by atoms with Gasteiger partial charge in [0.25, 0.3) is 0 Å². The molecule has 1 aromatic carbocycles. The Balaban J connectivity index is 0.00000320. The largest absolute Gasteiger partial charge is 0.396 e. The van der Waals surface area contributed by atoms with Crippen LogP contribution < -0.4 is 15.5 Å². The standard InChI is InChI=1S/C23H34N4OS.HI/c1-3-24-23(25-14-18(2)21-10-13-29-17-21)26-15-19-4-6-22(7-5-19)27-11-8-20(16-28)9-12-27;/h4-7,10,13,17-18,20,28H,3,8-9,11-12,14-16H2,1-2H3,(H2,24,25,26);1H. The number of nitrogens with zero attached hydrogens (tertiary/aromatic N) is 2. The van der Waals surface area contributed by atoms with E-state index in [2.05, 4.69) is 70.5 Å². The summed E-state index contributed by atoms with van der Waals surface area (Å²) in [5, 5.41) is 20.4. The van der Waals surface area contributed by atoms with E-state index in [1.807, 2.05) is 0 Å². The molecule has 0 radical (unpaired) electrons. The summed E-state index contributed by atoms with van der Waals surface area (Å²) in [6, 6.07) is 10.9. The van der Waals surface area contributed by atoms with E-state index < -0.39 is 0 Å². The van der Waals surface area contributed by atoms with Crippen molar-refractivity contribution in [3.05, 3.63) is 52.2 Å². The third kappa shape index (κ3) is 7.42. The zero-order valence-corrected chi connectivity index (χ0v) is 21.2. The highest BCUT2D eigenvalue weighted by Crippen LogP contribution is 2.23. The Bertz CT molecular complexity index is 743. The molecule has 166 valence electrons. The van der Waals surface area contributed by atoms with Crippen molar-refractivity contribution in [3.8, 4) is 0 Å². The van der Waals surface area contributed by atoms with Crippen LogP contribution in [0.1, 0.15) is 43.7 Å². The van der Waals surface area contributed by atoms with Crippen molar-refractivity contribution < 1.29 is 5.11 Å². The van der Waals surface area contributed by atoms with Gasteiger partial charge in [0.05, 0.1) is 6.54 Å². The first kappa shape index (κ1) is 24.9. The highest BCUT2D eigenvalue weighted by atomic mass is 127. The van der Waals surface area contributed by atoms with Crippen LogP contribution in [0.2, 0.25) is 0 Å². The number of rotatable bonds is 8. The lowest BCUT2D eigenvalue weighted by Gasteiger charge is -2.32. The van der Waals surface area contributed by atoms with E-state index in [9.17, 15) is 5.11 Å². The molecule has 7 heteroatoms. The molecule has 0 amide bonds. The predicted molar refractivity (Wildman–Crippen MR) is 139 cm³/mol. The van der Waals surface area contributed by atoms with Crippen LogP contribution in [-0.2, 0) is 6.54 Å². The lowest BCUT2D eigenvalue weighted by atomic mass is 9.97. The Kier molecular flexibility index (Phi) is 11.0. The molecule has 1 aliphatic rings. The van der Waals surface area contributed by atoms with Gasteiger partial charge in [-0.05, 0) is 71.7 Å². The number of thiophene rings is 1. The minimum atomic E-state index is 0. The summed E-state index contributed by atoms with van der Waals surface area (Å²) < 4.78 is 0. The van der Waals surface area contributed by atoms with E-state index in [4.69, 9.17) is 4.99 Å². The molecule has 1 fully saturated rings. The van der Waals surface area contributed by atoms with Crippen molar-refractivity contribution in [3.63, 3.8) is 0 Å². The lowest BCUT2D eigenvalue weighted by molar-refractivity contribution is 0.203. The molecule has 3 rings (SSSR count). The second-order valence-electron chi connectivity index (χ2n) is 7.81. The maximum atomic E-state index is 9.30. The third-order valence-corrected chi connectivity index (χ3v) is 6.33. The maximum Gasteiger partial charge on any atom is 0.191 e. The van der Waals surface area contributed by atoms with Crippen LogP contribution >= 0.6 is 35.3 Å². The SMILES string of the molecule is CCNC(=NCc1ccc(N2CCC(CO)CC2)cc1)NCC(C)c1ccsc1.I. The van der Waals surface area contributed by atoms with Crippen molar-refractivity contribution in [1.82, 2.24) is 10.6 Å². The molecule has 1 aliphatic heterocycles. The van der Waals surface area contributed by atoms with E-state index in [1.165, 1.54) is 16.8 Å². The van der Waals surface area contributed by atoms with Crippen molar-refractivity contribution in [2.24, 2.45) is 10.9 Å². The Morgan fingerprint density at radius 1 is 1.20 bits per heavy atom. The molecular formula is C23H35IN4OS. The summed E-state index contributed by atoms with van der Waals surface area (Å²) >= 11 is 1.74. The zero-order valence-electron chi connectivity index (χ0n) is 18.0. The minimum Gasteiger partial charge on any atom is -0.396 e. The number of hydrogen-bond acceptors (Lipinski definition) is 4. The van der Waals surface area contributed by atoms with Gasteiger partial charge < -0.3 is 20.6 Å². The van der Waals surface area contributed by atoms with Crippen LogP contribution in [0.5, 0.6) is 0 Å². The van der Waals surface area contributed by atoms with Crippen LogP contribution in [0.25, 0.3) is 0 Å². The summed E-state index contributed by atoms with van der Waals surface area (Å²) in [6.45, 7) is 9.08. The fourth-order valence-corrected chi connectivity index (χ4v) is 4.40. The zero-order chi connectivity index (χ0) is 20.5. The first-order valence-corrected chi connectivity index (χ1v) is 11.6. The average Bonchev–Trinajstić information content (AvgIpc) is 3.31. The Morgan fingerprint density at radius 2 is 1.93 bits per heavy atom. The maximum absolute atomic E-state index is 9.30. The van der Waals surface area contributed by atoms with Crippen LogP contribution in [-0.4, -0.2) is 43.9 Å². The van der Waals surface area contributed by atoms with Gasteiger partial charge >= 0.3 is 0 Å². The van der Waals surface area contributed by atoms with Gasteiger partial charge in [-0.2, -0.15) is 11.3 Å². The molecule has 30 heavy (non-hydrogen) atoms. The summed E-state index contributed by atoms with van der Waals surface area (Å²) in [7, 11) is 0. The number of aliphatic imine (C=N–C) groups is 1. The Labute approximate surface area is 202 Å². The van der Waals surface area contributed by atoms with Crippen LogP contribution in [0, 0.1) is 5.92 Å². The summed E-state index contributed by atoms with van der Waals surface area (Å²) in [5.41, 5.74) is 3.85. The van der Waals surface area contributed by atoms with Gasteiger partial charge in [-0.25, -0.2) is 4.99 Å². The summed E-state index contributed by atoms with van der Waals surface area (Å²) in [5.74, 6) is 1.79. The van der Waals surface area contributed by atoms with Gasteiger partial charge in [-0.3, -0.25) is 0 Å². The van der Waals surface area contributed by atoms with E-state index in [-0.39, 0.29) is 24.0 Å². The first-order valence-electron chi connectivity index (χ1n) is 10.7. The quantitative estimate of drug-likeness (QED) is 0.263. The van der Waals surface area contributed by atoms with E-state index in [1.54, 1.807) is 11.3 Å². The Morgan fingerprint density at radius 3 is 2.53 bits per heavy atom. The van der Waals surface area contributed by atoms with Crippen molar-refractivity contribution in [2.75, 3.05) is 37.7 Å². The van der Waals surface area contributed by atoms with Gasteiger partial charge in [0.15, 0.2) is 5.96 Å². The van der Waals surface area contributed by atoms with Gasteiger partial charge in [0.1, 0.15) is 0 Å². The third-order valence-electron chi connectivity index (χ3n) is 5.63. The molecule has 0 bridgehead atoms. The molecule has 1 saturated heterocycles. The number of halogens is 1. The van der Waals surface area contributed by atoms with Crippen molar-refractivity contribution in [1.29, 1.82) is 0 Å². The van der Waals surface area contributed by atoms with Crippen LogP contribution in [0.3, 0.4) is 0 Å². The van der Waals surface area contributed by atoms with Gasteiger partial charge in [0, 0.05) is 38.5 Å². The normalized spacial score (nSPS) is 16.1. The van der Waals surface area contributed by atoms with Gasteiger partial charge in [0.2, 0.25) is 0 Å². The lowest BCUT2D eigenvalue weighted by Crippen LogP contribution is -2.39. The number of piperidine rings is 1. The number of anilines is 1. The number of aliphatic hydroxyl groups excluding tert-OH is 1. The van der Waals surface area contributed by atoms with Crippen molar-refractivity contribution >= 4 is 47.0 Å². The minimum absolute atomic E-state index is 0. The molecule has 5 nitrogen and oxygen atoms in total. The molecule has 1 aromatic heterocycles. The second-order valence-corrected chi connectivity index (χ2v) is 8.59. The number of guanidine groups is 1. The van der Waals surface area contributed by atoms with Gasteiger partial charge in [-0.15, -0.1) is 24.0 Å². The summed E-state index contributed by atoms with van der Waals surface area (Å²) in [4.78, 5) is 7.17. The smallest absolute Gasteiger partial charge is 0.191 e. The van der Waals surface area contributed by atoms with Gasteiger partial charge in [-0.1, -0.05) is 19.1 Å². The fourth-order valence-electron chi connectivity index (χ4n) is 3.62. The molecule has 0 saturated carbocycles. The monoisotopic (exact) mass is 542 g/mol. The van der Waals surface area contributed by atoms with Crippen LogP contribution in [0.4, 0.5) is 5.69 Å². The molecule has 0 spiro atoms. The van der Waals surface area contributed by atoms with E-state index in [0.717, 1.165) is 45.0 Å². The highest BCUT2D eigenvalue weighted by Gasteiger charge is 2.18. The molecule has 1 atom stereocenters. The molecular weight excluding hydrogens is 507 g/mol. The predicted octanol–water partition coefficient (Wildman–Crippen LogP) is 4.43. The molecule has 3 N–H and O–H groups in total. The first-order chi connectivity index (χ1) is 14.2. The fraction of sp³-hybridized carbons (Fsp3) is 0.522. The van der Waals surface area contributed by atoms with E-state index >= 15 is 0 Å². The number of hydrogen-bond donors (Lipinski definition) is 3. The molecule has 2 heterocycles. The molecule has 0 aliphatic carbocycles. The number of aliphatic hydroxyl groups is 1.